The van der Waals surface area contributed by atoms with E-state index < -0.39 is 12.1 Å². The molecule has 0 aromatic carbocycles. The average Bonchev–Trinajstić information content (AvgIpc) is 3.35. The first-order chi connectivity index (χ1) is 34.0. The maximum absolute atomic E-state index is 12.5. The summed E-state index contributed by atoms with van der Waals surface area (Å²) in [5, 5.41) is 23.3. The molecule has 0 aliphatic carbocycles. The molecule has 0 radical (unpaired) electrons. The summed E-state index contributed by atoms with van der Waals surface area (Å²) in [4.78, 5) is 24.6. The van der Waals surface area contributed by atoms with Gasteiger partial charge in [-0.2, -0.15) is 0 Å². The standard InChI is InChI=1S/C63H119NO5/c1-3-5-7-9-11-13-15-17-19-20-26-29-33-37-41-45-49-53-57-63(68)69-58-54-50-46-42-38-34-30-27-24-22-21-23-25-28-32-36-40-44-48-52-56-62(67)64-60(59-65)61(66)55-51-47-43-39-35-31-18-16-14-12-10-8-6-4-2/h13,15,19-21,23,60-61,65-66H,3-12,14,16-18,22,24-59H2,1-2H3,(H,64,67)/b15-13-,20-19-,23-21-. The third-order valence-corrected chi connectivity index (χ3v) is 14.2. The molecule has 0 bridgehead atoms. The Hall–Kier alpha value is -1.92. The van der Waals surface area contributed by atoms with Gasteiger partial charge >= 0.3 is 5.97 Å². The fourth-order valence-electron chi connectivity index (χ4n) is 9.43. The van der Waals surface area contributed by atoms with Crippen LogP contribution in [0.4, 0.5) is 0 Å². The maximum Gasteiger partial charge on any atom is 0.305 e. The highest BCUT2D eigenvalue weighted by Crippen LogP contribution is 2.17. The second kappa shape index (κ2) is 58.6. The van der Waals surface area contributed by atoms with Crippen LogP contribution in [0.5, 0.6) is 0 Å². The van der Waals surface area contributed by atoms with Crippen molar-refractivity contribution in [2.45, 2.75) is 341 Å². The van der Waals surface area contributed by atoms with Gasteiger partial charge in [0.05, 0.1) is 25.4 Å². The van der Waals surface area contributed by atoms with Crippen LogP contribution in [0.2, 0.25) is 0 Å². The van der Waals surface area contributed by atoms with Crippen LogP contribution in [0.15, 0.2) is 36.5 Å². The van der Waals surface area contributed by atoms with E-state index in [1.54, 1.807) is 0 Å². The summed E-state index contributed by atoms with van der Waals surface area (Å²) in [5.41, 5.74) is 0. The fourth-order valence-corrected chi connectivity index (χ4v) is 9.43. The van der Waals surface area contributed by atoms with Gasteiger partial charge in [0.25, 0.3) is 0 Å². The normalized spacial score (nSPS) is 12.8. The van der Waals surface area contributed by atoms with Crippen molar-refractivity contribution in [3.8, 4) is 0 Å². The molecular formula is C63H119NO5. The number of esters is 1. The Morgan fingerprint density at radius 2 is 0.725 bits per heavy atom. The van der Waals surface area contributed by atoms with Crippen molar-refractivity contribution in [2.24, 2.45) is 0 Å². The molecule has 6 nitrogen and oxygen atoms in total. The Morgan fingerprint density at radius 1 is 0.406 bits per heavy atom. The molecule has 0 heterocycles. The molecule has 69 heavy (non-hydrogen) atoms. The second-order valence-electron chi connectivity index (χ2n) is 21.0. The van der Waals surface area contributed by atoms with Gasteiger partial charge in [0, 0.05) is 12.8 Å². The minimum Gasteiger partial charge on any atom is -0.466 e. The van der Waals surface area contributed by atoms with Crippen LogP contribution in [0.3, 0.4) is 0 Å². The monoisotopic (exact) mass is 970 g/mol. The lowest BCUT2D eigenvalue weighted by Gasteiger charge is -2.22. The molecule has 0 saturated heterocycles. The third-order valence-electron chi connectivity index (χ3n) is 14.2. The fraction of sp³-hybridized carbons (Fsp3) is 0.873. The van der Waals surface area contributed by atoms with Crippen molar-refractivity contribution >= 4 is 11.9 Å². The Morgan fingerprint density at radius 3 is 1.13 bits per heavy atom. The minimum absolute atomic E-state index is 0.00101. The average molecular weight is 971 g/mol. The van der Waals surface area contributed by atoms with E-state index in [9.17, 15) is 19.8 Å². The van der Waals surface area contributed by atoms with Crippen LogP contribution in [0.1, 0.15) is 328 Å². The summed E-state index contributed by atoms with van der Waals surface area (Å²) in [6.45, 7) is 4.93. The number of aliphatic hydroxyl groups is 2. The number of aliphatic hydroxyl groups excluding tert-OH is 2. The van der Waals surface area contributed by atoms with Gasteiger partial charge in [-0.15, -0.1) is 0 Å². The van der Waals surface area contributed by atoms with Crippen LogP contribution >= 0.6 is 0 Å². The van der Waals surface area contributed by atoms with Crippen LogP contribution in [-0.2, 0) is 14.3 Å². The van der Waals surface area contributed by atoms with E-state index in [1.807, 2.05) is 0 Å². The highest BCUT2D eigenvalue weighted by Gasteiger charge is 2.20. The quantitative estimate of drug-likeness (QED) is 0.0321. The van der Waals surface area contributed by atoms with Crippen molar-refractivity contribution in [3.05, 3.63) is 36.5 Å². The zero-order valence-corrected chi connectivity index (χ0v) is 46.3. The molecule has 0 fully saturated rings. The van der Waals surface area contributed by atoms with E-state index in [1.165, 1.54) is 244 Å². The van der Waals surface area contributed by atoms with Gasteiger partial charge in [-0.1, -0.05) is 269 Å². The Balaban J connectivity index is 3.42. The number of rotatable bonds is 57. The lowest BCUT2D eigenvalue weighted by Crippen LogP contribution is -2.45. The number of carbonyl (C=O) groups excluding carboxylic acids is 2. The maximum atomic E-state index is 12.5. The molecule has 1 amide bonds. The summed E-state index contributed by atoms with van der Waals surface area (Å²) in [5.74, 6) is -0.0440. The predicted octanol–water partition coefficient (Wildman–Crippen LogP) is 19.2. The largest absolute Gasteiger partial charge is 0.466 e. The van der Waals surface area contributed by atoms with Gasteiger partial charge in [-0.3, -0.25) is 9.59 Å². The van der Waals surface area contributed by atoms with E-state index in [0.717, 1.165) is 51.4 Å². The van der Waals surface area contributed by atoms with E-state index in [0.29, 0.717) is 25.9 Å². The predicted molar refractivity (Wildman–Crippen MR) is 301 cm³/mol. The molecule has 0 aromatic rings. The summed E-state index contributed by atoms with van der Waals surface area (Å²) in [6, 6.07) is -0.548. The first kappa shape index (κ1) is 67.1. The number of nitrogens with one attached hydrogen (secondary N) is 1. The van der Waals surface area contributed by atoms with Crippen LogP contribution in [0, 0.1) is 0 Å². The highest BCUT2D eigenvalue weighted by atomic mass is 16.5. The molecule has 6 heteroatoms. The topological polar surface area (TPSA) is 95.9 Å². The molecule has 0 rings (SSSR count). The first-order valence-electron chi connectivity index (χ1n) is 30.7. The van der Waals surface area contributed by atoms with Gasteiger partial charge in [0.1, 0.15) is 0 Å². The van der Waals surface area contributed by atoms with Crippen molar-refractivity contribution in [1.29, 1.82) is 0 Å². The van der Waals surface area contributed by atoms with E-state index in [4.69, 9.17) is 4.74 Å². The van der Waals surface area contributed by atoms with Gasteiger partial charge < -0.3 is 20.3 Å². The molecule has 0 aliphatic rings. The van der Waals surface area contributed by atoms with Gasteiger partial charge in [0.15, 0.2) is 0 Å². The lowest BCUT2D eigenvalue weighted by molar-refractivity contribution is -0.143. The zero-order chi connectivity index (χ0) is 50.0. The van der Waals surface area contributed by atoms with Crippen LogP contribution in [0.25, 0.3) is 0 Å². The molecular weight excluding hydrogens is 851 g/mol. The summed E-state index contributed by atoms with van der Waals surface area (Å²) in [7, 11) is 0. The van der Waals surface area contributed by atoms with Crippen molar-refractivity contribution in [1.82, 2.24) is 5.32 Å². The second-order valence-corrected chi connectivity index (χ2v) is 21.0. The number of hydrogen-bond acceptors (Lipinski definition) is 5. The number of carbonyl (C=O) groups is 2. The number of allylic oxidation sites excluding steroid dienone is 6. The number of amides is 1. The summed E-state index contributed by atoms with van der Waals surface area (Å²) < 4.78 is 5.49. The van der Waals surface area contributed by atoms with Crippen molar-refractivity contribution in [3.63, 3.8) is 0 Å². The molecule has 406 valence electrons. The van der Waals surface area contributed by atoms with Crippen LogP contribution in [-0.4, -0.2) is 47.4 Å². The first-order valence-corrected chi connectivity index (χ1v) is 30.7. The van der Waals surface area contributed by atoms with Gasteiger partial charge in [0.2, 0.25) is 5.91 Å². The Kier molecular flexibility index (Phi) is 57.0. The van der Waals surface area contributed by atoms with Crippen molar-refractivity contribution < 1.29 is 24.5 Å². The van der Waals surface area contributed by atoms with E-state index in [-0.39, 0.29) is 18.5 Å². The molecule has 2 unspecified atom stereocenters. The Labute approximate surface area is 430 Å². The SMILES string of the molecule is CCCCCC/C=C\C/C=C\CCCCCCCCCC(=O)OCCCCCCCCCCC/C=C\CCCCCCCCCC(=O)NC(CO)C(O)CCCCCCCCCCCCCCCC. The molecule has 0 spiro atoms. The Bertz CT molecular complexity index is 1120. The van der Waals surface area contributed by atoms with E-state index >= 15 is 0 Å². The number of unbranched alkanes of at least 4 members (excludes halogenated alkanes) is 40. The highest BCUT2D eigenvalue weighted by molar-refractivity contribution is 5.76. The van der Waals surface area contributed by atoms with Gasteiger partial charge in [-0.05, 0) is 83.5 Å². The zero-order valence-electron chi connectivity index (χ0n) is 46.3. The molecule has 0 aliphatic heterocycles. The van der Waals surface area contributed by atoms with Crippen molar-refractivity contribution in [2.75, 3.05) is 13.2 Å². The molecule has 0 aromatic heterocycles. The minimum atomic E-state index is -0.670. The molecule has 3 N–H and O–H groups in total. The smallest absolute Gasteiger partial charge is 0.305 e. The lowest BCUT2D eigenvalue weighted by atomic mass is 10.0. The van der Waals surface area contributed by atoms with Crippen LogP contribution < -0.4 is 5.32 Å². The molecule has 0 saturated carbocycles. The number of hydrogen-bond donors (Lipinski definition) is 3. The van der Waals surface area contributed by atoms with E-state index in [2.05, 4.69) is 55.6 Å². The third kappa shape index (κ3) is 55.2. The summed E-state index contributed by atoms with van der Waals surface area (Å²) in [6.07, 6.45) is 72.9. The van der Waals surface area contributed by atoms with Gasteiger partial charge in [-0.25, -0.2) is 0 Å². The molecule has 2 atom stereocenters. The number of ether oxygens (including phenoxy) is 1. The summed E-state index contributed by atoms with van der Waals surface area (Å²) >= 11 is 0.